The molecule has 2 aromatic carbocycles. The van der Waals surface area contributed by atoms with E-state index < -0.39 is 11.3 Å². The molecule has 0 spiro atoms. The van der Waals surface area contributed by atoms with Crippen LogP contribution in [0.2, 0.25) is 0 Å². The second-order valence-corrected chi connectivity index (χ2v) is 11.9. The van der Waals surface area contributed by atoms with Gasteiger partial charge in [0.1, 0.15) is 5.75 Å². The first-order valence-electron chi connectivity index (χ1n) is 14.8. The maximum Gasteiger partial charge on any atom is 0.248 e. The minimum Gasteiger partial charge on any atom is -0.496 e. The molecule has 0 N–H and O–H groups in total. The second-order valence-electron chi connectivity index (χ2n) is 11.9. The maximum absolute atomic E-state index is 14.7. The quantitative estimate of drug-likeness (QED) is 0.366. The molecular weight excluding hydrogens is 496 g/mol. The lowest BCUT2D eigenvalue weighted by Crippen LogP contribution is -2.56. The van der Waals surface area contributed by atoms with E-state index in [0.29, 0.717) is 44.9 Å². The van der Waals surface area contributed by atoms with E-state index in [4.69, 9.17) is 9.47 Å². The lowest BCUT2D eigenvalue weighted by atomic mass is 9.64. The van der Waals surface area contributed by atoms with Gasteiger partial charge in [0.25, 0.3) is 0 Å². The molecule has 1 saturated carbocycles. The van der Waals surface area contributed by atoms with Crippen LogP contribution in [-0.2, 0) is 21.6 Å². The van der Waals surface area contributed by atoms with Crippen LogP contribution in [-0.4, -0.2) is 43.0 Å². The van der Waals surface area contributed by atoms with Gasteiger partial charge in [0.15, 0.2) is 0 Å². The fraction of sp³-hybridized carbons (Fsp3) is 0.606. The van der Waals surface area contributed by atoms with E-state index >= 15 is 0 Å². The van der Waals surface area contributed by atoms with Crippen LogP contribution in [0, 0.1) is 11.8 Å². The number of rotatable bonds is 7. The van der Waals surface area contributed by atoms with E-state index in [9.17, 15) is 13.6 Å². The number of hydrogen-bond donors (Lipinski definition) is 0. The highest BCUT2D eigenvalue weighted by molar-refractivity contribution is 5.81. The van der Waals surface area contributed by atoms with E-state index in [1.807, 2.05) is 18.2 Å². The molecule has 4 atom stereocenters. The number of carbonyl (C=O) groups excluding carboxylic acids is 1. The van der Waals surface area contributed by atoms with Gasteiger partial charge in [-0.05, 0) is 67.6 Å². The fourth-order valence-electron chi connectivity index (χ4n) is 7.81. The summed E-state index contributed by atoms with van der Waals surface area (Å²) in [6.07, 6.45) is 3.99. The van der Waals surface area contributed by atoms with Crippen molar-refractivity contribution in [3.8, 4) is 5.75 Å². The summed E-state index contributed by atoms with van der Waals surface area (Å²) in [5, 5.41) is 0. The lowest BCUT2D eigenvalue weighted by molar-refractivity contribution is -0.147. The van der Waals surface area contributed by atoms with Crippen molar-refractivity contribution in [2.75, 3.05) is 20.3 Å². The van der Waals surface area contributed by atoms with E-state index in [2.05, 4.69) is 49.1 Å². The molecule has 2 fully saturated rings. The number of halogens is 2. The van der Waals surface area contributed by atoms with Crippen LogP contribution in [0.15, 0.2) is 48.5 Å². The molecule has 2 aromatic rings. The van der Waals surface area contributed by atoms with Crippen molar-refractivity contribution in [1.29, 1.82) is 0 Å². The highest BCUT2D eigenvalue weighted by Gasteiger charge is 2.50. The highest BCUT2D eigenvalue weighted by Crippen LogP contribution is 2.48. The number of amides is 1. The van der Waals surface area contributed by atoms with Gasteiger partial charge in [-0.25, -0.2) is 8.78 Å². The van der Waals surface area contributed by atoms with Gasteiger partial charge in [-0.15, -0.1) is 0 Å². The molecule has 1 amide bonds. The van der Waals surface area contributed by atoms with Crippen molar-refractivity contribution < 1.29 is 23.0 Å². The first kappa shape index (κ1) is 28.1. The molecule has 6 heteroatoms. The largest absolute Gasteiger partial charge is 0.496 e. The number of methoxy groups -OCH3 is 1. The van der Waals surface area contributed by atoms with Gasteiger partial charge >= 0.3 is 0 Å². The summed E-state index contributed by atoms with van der Waals surface area (Å²) >= 11 is 0. The Balaban J connectivity index is 1.48. The van der Waals surface area contributed by atoms with Crippen molar-refractivity contribution in [3.63, 3.8) is 0 Å². The molecule has 2 aliphatic heterocycles. The summed E-state index contributed by atoms with van der Waals surface area (Å²) in [6.45, 7) is 5.89. The predicted octanol–water partition coefficient (Wildman–Crippen LogP) is 7.50. The summed E-state index contributed by atoms with van der Waals surface area (Å²) in [6, 6.07) is 16.6. The van der Waals surface area contributed by atoms with Gasteiger partial charge in [-0.3, -0.25) is 4.79 Å². The van der Waals surface area contributed by atoms with Crippen molar-refractivity contribution in [1.82, 2.24) is 4.90 Å². The zero-order chi connectivity index (χ0) is 27.6. The van der Waals surface area contributed by atoms with Gasteiger partial charge < -0.3 is 14.4 Å². The summed E-state index contributed by atoms with van der Waals surface area (Å²) < 4.78 is 40.2. The summed E-state index contributed by atoms with van der Waals surface area (Å²) in [5.41, 5.74) is 3.03. The number of benzene rings is 2. The maximum atomic E-state index is 14.7. The third kappa shape index (κ3) is 5.33. The number of ether oxygens (including phenoxy) is 2. The topological polar surface area (TPSA) is 38.8 Å². The van der Waals surface area contributed by atoms with Crippen molar-refractivity contribution in [2.24, 2.45) is 11.8 Å². The number of carbonyl (C=O) groups is 1. The number of nitrogens with zero attached hydrogens (tertiary/aromatic N) is 1. The SMILES string of the molecule is CC[C@@H](C(=O)N1CC[C@@H](c2ccccc2)C[C@H]1C1CCC(F)(F)CC1)[C@]1(CC)COCc2c(OC)cccc21. The minimum absolute atomic E-state index is 0.0233. The molecule has 0 aromatic heterocycles. The lowest BCUT2D eigenvalue weighted by Gasteiger charge is -2.50. The molecule has 1 aliphatic carbocycles. The monoisotopic (exact) mass is 539 g/mol. The molecule has 212 valence electrons. The molecule has 1 saturated heterocycles. The molecule has 5 rings (SSSR count). The average molecular weight is 540 g/mol. The zero-order valence-electron chi connectivity index (χ0n) is 23.6. The van der Waals surface area contributed by atoms with E-state index in [-0.39, 0.29) is 36.6 Å². The minimum atomic E-state index is -2.58. The molecule has 2 heterocycles. The molecule has 0 unspecified atom stereocenters. The standard InChI is InChI=1S/C33H43F2NO3/c1-4-27(32(5-2)22-39-21-26-28(32)12-9-13-30(26)38-3)31(37)36-19-16-25(23-10-7-6-8-11-23)20-29(36)24-14-17-33(34,35)18-15-24/h6-13,24-25,27,29H,4-5,14-22H2,1-3H3/t25-,27+,29+,32+/m1/s1. The van der Waals surface area contributed by atoms with Crippen LogP contribution in [0.5, 0.6) is 5.75 Å². The number of hydrogen-bond acceptors (Lipinski definition) is 3. The van der Waals surface area contributed by atoms with Gasteiger partial charge in [0.2, 0.25) is 11.8 Å². The molecular formula is C33H43F2NO3. The fourth-order valence-corrected chi connectivity index (χ4v) is 7.81. The predicted molar refractivity (Wildman–Crippen MR) is 149 cm³/mol. The Kier molecular flexibility index (Phi) is 8.32. The Hall–Kier alpha value is -2.47. The smallest absolute Gasteiger partial charge is 0.248 e. The normalized spacial score (nSPS) is 28.0. The third-order valence-electron chi connectivity index (χ3n) is 10.0. The molecule has 3 aliphatic rings. The number of piperidine rings is 1. The number of likely N-dealkylation sites (tertiary alicyclic amines) is 1. The Morgan fingerprint density at radius 2 is 1.82 bits per heavy atom. The van der Waals surface area contributed by atoms with Gasteiger partial charge in [-0.2, -0.15) is 0 Å². The van der Waals surface area contributed by atoms with E-state index in [1.165, 1.54) is 5.56 Å². The van der Waals surface area contributed by atoms with Crippen molar-refractivity contribution in [3.05, 3.63) is 65.2 Å². The molecule has 4 nitrogen and oxygen atoms in total. The second kappa shape index (κ2) is 11.6. The summed E-state index contributed by atoms with van der Waals surface area (Å²) in [7, 11) is 1.68. The van der Waals surface area contributed by atoms with Crippen LogP contribution < -0.4 is 4.74 Å². The van der Waals surface area contributed by atoms with Crippen LogP contribution in [0.1, 0.15) is 87.8 Å². The number of fused-ring (bicyclic) bond motifs is 1. The van der Waals surface area contributed by atoms with Crippen LogP contribution in [0.4, 0.5) is 8.78 Å². The Bertz CT molecular complexity index is 1130. The van der Waals surface area contributed by atoms with Gasteiger partial charge in [0, 0.05) is 42.3 Å². The Morgan fingerprint density at radius 1 is 1.08 bits per heavy atom. The average Bonchev–Trinajstić information content (AvgIpc) is 2.97. The van der Waals surface area contributed by atoms with Crippen molar-refractivity contribution >= 4 is 5.91 Å². The van der Waals surface area contributed by atoms with Crippen LogP contribution in [0.3, 0.4) is 0 Å². The Morgan fingerprint density at radius 3 is 2.49 bits per heavy atom. The zero-order valence-corrected chi connectivity index (χ0v) is 23.6. The third-order valence-corrected chi connectivity index (χ3v) is 10.0. The van der Waals surface area contributed by atoms with Crippen LogP contribution in [0.25, 0.3) is 0 Å². The van der Waals surface area contributed by atoms with Gasteiger partial charge in [0.05, 0.1) is 20.3 Å². The van der Waals surface area contributed by atoms with Crippen molar-refractivity contribution in [2.45, 2.75) is 95.1 Å². The number of alkyl halides is 2. The van der Waals surface area contributed by atoms with E-state index in [0.717, 1.165) is 36.1 Å². The molecule has 0 radical (unpaired) electrons. The summed E-state index contributed by atoms with van der Waals surface area (Å²) in [4.78, 5) is 16.8. The van der Waals surface area contributed by atoms with E-state index in [1.54, 1.807) is 7.11 Å². The molecule has 0 bridgehead atoms. The summed E-state index contributed by atoms with van der Waals surface area (Å²) in [5.74, 6) is -1.44. The first-order chi connectivity index (χ1) is 18.8. The van der Waals surface area contributed by atoms with Crippen LogP contribution >= 0.6 is 0 Å². The Labute approximate surface area is 232 Å². The molecule has 39 heavy (non-hydrogen) atoms. The first-order valence-corrected chi connectivity index (χ1v) is 14.8. The highest BCUT2D eigenvalue weighted by atomic mass is 19.3. The van der Waals surface area contributed by atoms with Gasteiger partial charge in [-0.1, -0.05) is 56.3 Å².